The van der Waals surface area contributed by atoms with Crippen LogP contribution < -0.4 is 5.32 Å². The Morgan fingerprint density at radius 2 is 2.00 bits per heavy atom. The first-order valence-electron chi connectivity index (χ1n) is 5.19. The largest absolute Gasteiger partial charge is 0.392 e. The highest BCUT2D eigenvalue weighted by Gasteiger charge is 2.46. The quantitative estimate of drug-likeness (QED) is 0.570. The molecular formula is C12H13NO3. The number of amides is 1. The van der Waals surface area contributed by atoms with Crippen LogP contribution in [0.3, 0.4) is 0 Å². The Morgan fingerprint density at radius 3 is 2.50 bits per heavy atom. The SMILES string of the molecule is C[C@@H](O)[C@H]1C(=O)N[C@H]1C(=O)c1ccccc1. The van der Waals surface area contributed by atoms with Gasteiger partial charge in [0.1, 0.15) is 6.04 Å². The van der Waals surface area contributed by atoms with Crippen molar-refractivity contribution in [1.82, 2.24) is 5.32 Å². The summed E-state index contributed by atoms with van der Waals surface area (Å²) in [6.45, 7) is 1.52. The normalized spacial score (nSPS) is 25.5. The van der Waals surface area contributed by atoms with Gasteiger partial charge in [0, 0.05) is 5.56 Å². The molecule has 4 heteroatoms. The van der Waals surface area contributed by atoms with Crippen LogP contribution in [0, 0.1) is 5.92 Å². The molecule has 1 saturated heterocycles. The molecule has 1 aliphatic rings. The molecule has 2 N–H and O–H groups in total. The van der Waals surface area contributed by atoms with E-state index in [2.05, 4.69) is 5.32 Å². The van der Waals surface area contributed by atoms with Gasteiger partial charge in [-0.1, -0.05) is 30.3 Å². The second-order valence-electron chi connectivity index (χ2n) is 3.98. The minimum Gasteiger partial charge on any atom is -0.392 e. The van der Waals surface area contributed by atoms with E-state index in [4.69, 9.17) is 0 Å². The Labute approximate surface area is 93.3 Å². The lowest BCUT2D eigenvalue weighted by Crippen LogP contribution is -2.65. The number of aliphatic hydroxyl groups is 1. The van der Waals surface area contributed by atoms with E-state index in [9.17, 15) is 14.7 Å². The zero-order valence-electron chi connectivity index (χ0n) is 8.88. The van der Waals surface area contributed by atoms with E-state index in [-0.39, 0.29) is 11.7 Å². The summed E-state index contributed by atoms with van der Waals surface area (Å²) in [5.74, 6) is -1.02. The van der Waals surface area contributed by atoms with Crippen LogP contribution in [0.4, 0.5) is 0 Å². The second kappa shape index (κ2) is 4.06. The molecule has 1 fully saturated rings. The van der Waals surface area contributed by atoms with Gasteiger partial charge in [-0.15, -0.1) is 0 Å². The predicted molar refractivity (Wildman–Crippen MR) is 57.9 cm³/mol. The van der Waals surface area contributed by atoms with Gasteiger partial charge in [-0.3, -0.25) is 9.59 Å². The number of nitrogens with one attached hydrogen (secondary N) is 1. The summed E-state index contributed by atoms with van der Waals surface area (Å²) in [6.07, 6.45) is -0.800. The minimum absolute atomic E-state index is 0.147. The Bertz CT molecular complexity index is 414. The fourth-order valence-corrected chi connectivity index (χ4v) is 1.90. The molecule has 16 heavy (non-hydrogen) atoms. The molecule has 4 nitrogen and oxygen atoms in total. The number of hydrogen-bond donors (Lipinski definition) is 2. The third kappa shape index (κ3) is 1.72. The number of carbonyl (C=O) groups excluding carboxylic acids is 2. The Morgan fingerprint density at radius 1 is 1.38 bits per heavy atom. The number of Topliss-reactive ketones (excluding diaryl/α,β-unsaturated/α-hetero) is 1. The maximum Gasteiger partial charge on any atom is 0.228 e. The molecule has 1 aromatic rings. The maximum atomic E-state index is 12.0. The molecule has 0 aromatic heterocycles. The molecule has 3 atom stereocenters. The molecule has 0 radical (unpaired) electrons. The van der Waals surface area contributed by atoms with Crippen LogP contribution in [-0.2, 0) is 4.79 Å². The van der Waals surface area contributed by atoms with Crippen LogP contribution in [0.1, 0.15) is 17.3 Å². The molecule has 0 aliphatic carbocycles. The third-order valence-corrected chi connectivity index (χ3v) is 2.82. The second-order valence-corrected chi connectivity index (χ2v) is 3.98. The summed E-state index contributed by atoms with van der Waals surface area (Å²) in [5.41, 5.74) is 0.554. The summed E-state index contributed by atoms with van der Waals surface area (Å²) < 4.78 is 0. The van der Waals surface area contributed by atoms with Gasteiger partial charge >= 0.3 is 0 Å². The van der Waals surface area contributed by atoms with Crippen LogP contribution in [0.5, 0.6) is 0 Å². The van der Waals surface area contributed by atoms with E-state index in [0.717, 1.165) is 0 Å². The topological polar surface area (TPSA) is 66.4 Å². The fourth-order valence-electron chi connectivity index (χ4n) is 1.90. The number of benzene rings is 1. The summed E-state index contributed by atoms with van der Waals surface area (Å²) in [7, 11) is 0. The lowest BCUT2D eigenvalue weighted by atomic mass is 9.81. The third-order valence-electron chi connectivity index (χ3n) is 2.82. The number of aliphatic hydroxyl groups excluding tert-OH is 1. The minimum atomic E-state index is -0.800. The zero-order chi connectivity index (χ0) is 11.7. The van der Waals surface area contributed by atoms with Crippen LogP contribution in [0.25, 0.3) is 0 Å². The van der Waals surface area contributed by atoms with Gasteiger partial charge in [0.05, 0.1) is 12.0 Å². The number of ketones is 1. The zero-order valence-corrected chi connectivity index (χ0v) is 8.88. The first-order valence-corrected chi connectivity index (χ1v) is 5.19. The van der Waals surface area contributed by atoms with E-state index in [1.54, 1.807) is 24.3 Å². The average molecular weight is 219 g/mol. The number of β-lactam (4-membered cyclic amide) rings is 1. The van der Waals surface area contributed by atoms with Crippen LogP contribution >= 0.6 is 0 Å². The van der Waals surface area contributed by atoms with Gasteiger partial charge in [0.2, 0.25) is 5.91 Å². The fraction of sp³-hybridized carbons (Fsp3) is 0.333. The van der Waals surface area contributed by atoms with Crippen LogP contribution in [0.15, 0.2) is 30.3 Å². The molecule has 1 aromatic carbocycles. The Balaban J connectivity index is 2.16. The Hall–Kier alpha value is -1.68. The standard InChI is InChI=1S/C12H13NO3/c1-7(14)9-10(13-12(9)16)11(15)8-5-3-2-4-6-8/h2-7,9-10,14H,1H3,(H,13,16)/t7-,9-,10-/m1/s1. The van der Waals surface area contributed by atoms with Gasteiger partial charge in [-0.05, 0) is 6.92 Å². The molecule has 0 bridgehead atoms. The van der Waals surface area contributed by atoms with Crippen molar-refractivity contribution in [2.24, 2.45) is 5.92 Å². The highest BCUT2D eigenvalue weighted by molar-refractivity contribution is 6.08. The smallest absolute Gasteiger partial charge is 0.228 e. The van der Waals surface area contributed by atoms with Gasteiger partial charge in [-0.2, -0.15) is 0 Å². The first-order chi connectivity index (χ1) is 7.61. The molecule has 0 saturated carbocycles. The molecule has 0 unspecified atom stereocenters. The van der Waals surface area contributed by atoms with Gasteiger partial charge in [0.15, 0.2) is 5.78 Å². The van der Waals surface area contributed by atoms with E-state index in [1.807, 2.05) is 6.07 Å². The van der Waals surface area contributed by atoms with Crippen molar-refractivity contribution < 1.29 is 14.7 Å². The van der Waals surface area contributed by atoms with Crippen molar-refractivity contribution in [3.63, 3.8) is 0 Å². The molecule has 1 heterocycles. The van der Waals surface area contributed by atoms with Crippen molar-refractivity contribution in [1.29, 1.82) is 0 Å². The molecular weight excluding hydrogens is 206 g/mol. The molecule has 2 rings (SSSR count). The predicted octanol–water partition coefficient (Wildman–Crippen LogP) is 0.365. The van der Waals surface area contributed by atoms with E-state index < -0.39 is 18.1 Å². The van der Waals surface area contributed by atoms with Gasteiger partial charge in [-0.25, -0.2) is 0 Å². The van der Waals surface area contributed by atoms with Crippen molar-refractivity contribution in [2.45, 2.75) is 19.1 Å². The van der Waals surface area contributed by atoms with E-state index in [1.165, 1.54) is 6.92 Å². The van der Waals surface area contributed by atoms with Crippen molar-refractivity contribution in [2.75, 3.05) is 0 Å². The van der Waals surface area contributed by atoms with Crippen LogP contribution in [0.2, 0.25) is 0 Å². The van der Waals surface area contributed by atoms with Crippen molar-refractivity contribution >= 4 is 11.7 Å². The monoisotopic (exact) mass is 219 g/mol. The maximum absolute atomic E-state index is 12.0. The van der Waals surface area contributed by atoms with Gasteiger partial charge < -0.3 is 10.4 Å². The summed E-state index contributed by atoms with van der Waals surface area (Å²) >= 11 is 0. The number of rotatable bonds is 3. The highest BCUT2D eigenvalue weighted by Crippen LogP contribution is 2.22. The summed E-state index contributed by atoms with van der Waals surface area (Å²) in [5, 5.41) is 11.9. The van der Waals surface area contributed by atoms with Crippen molar-refractivity contribution in [3.05, 3.63) is 35.9 Å². The van der Waals surface area contributed by atoms with Crippen LogP contribution in [-0.4, -0.2) is 28.9 Å². The molecule has 0 spiro atoms. The Kier molecular flexibility index (Phi) is 2.75. The first kappa shape index (κ1) is 10.8. The average Bonchev–Trinajstić information content (AvgIpc) is 2.25. The van der Waals surface area contributed by atoms with Gasteiger partial charge in [0.25, 0.3) is 0 Å². The molecule has 1 amide bonds. The van der Waals surface area contributed by atoms with E-state index >= 15 is 0 Å². The summed E-state index contributed by atoms with van der Waals surface area (Å²) in [6, 6.07) is 8.17. The highest BCUT2D eigenvalue weighted by atomic mass is 16.3. The number of carbonyl (C=O) groups is 2. The van der Waals surface area contributed by atoms with Crippen molar-refractivity contribution in [3.8, 4) is 0 Å². The molecule has 1 aliphatic heterocycles. The summed E-state index contributed by atoms with van der Waals surface area (Å²) in [4.78, 5) is 23.2. The van der Waals surface area contributed by atoms with E-state index in [0.29, 0.717) is 5.56 Å². The molecule has 84 valence electrons. The lowest BCUT2D eigenvalue weighted by molar-refractivity contribution is -0.138. The lowest BCUT2D eigenvalue weighted by Gasteiger charge is -2.37. The number of hydrogen-bond acceptors (Lipinski definition) is 3.